The molecule has 1 fully saturated rings. The van der Waals surface area contributed by atoms with Crippen LogP contribution in [0.4, 0.5) is 4.39 Å². The molecule has 2 aromatic rings. The summed E-state index contributed by atoms with van der Waals surface area (Å²) in [5.74, 6) is -0.209. The Labute approximate surface area is 168 Å². The first-order valence-corrected chi connectivity index (χ1v) is 10.8. The van der Waals surface area contributed by atoms with Gasteiger partial charge in [-0.05, 0) is 81.4 Å². The second kappa shape index (κ2) is 7.96. The normalized spacial score (nSPS) is 22.9. The number of nitrogens with one attached hydrogen (secondary N) is 1. The summed E-state index contributed by atoms with van der Waals surface area (Å²) in [5.41, 5.74) is 3.74. The molecule has 1 saturated heterocycles. The summed E-state index contributed by atoms with van der Waals surface area (Å²) >= 11 is 0. The molecule has 152 valence electrons. The molecular formula is C23H33FN4. The molecule has 28 heavy (non-hydrogen) atoms. The van der Waals surface area contributed by atoms with Gasteiger partial charge < -0.3 is 10.2 Å². The predicted molar refractivity (Wildman–Crippen MR) is 111 cm³/mol. The fraction of sp³-hybridized carbons (Fsp3) is 0.609. The fourth-order valence-electron chi connectivity index (χ4n) is 4.92. The highest BCUT2D eigenvalue weighted by atomic mass is 19.1. The molecule has 0 radical (unpaired) electrons. The molecule has 5 heteroatoms. The largest absolute Gasteiger partial charge is 0.307 e. The maximum Gasteiger partial charge on any atom is 0.123 e. The van der Waals surface area contributed by atoms with Gasteiger partial charge in [0.15, 0.2) is 0 Å². The SMILES string of the molecule is CCCN1CCC(NC2CC(C)(C)Cc3c2cnn3-c2ccc(F)cc2)CC1. The van der Waals surface area contributed by atoms with Crippen molar-refractivity contribution in [3.8, 4) is 5.69 Å². The van der Waals surface area contributed by atoms with Crippen LogP contribution in [0.2, 0.25) is 0 Å². The number of nitrogens with zero attached hydrogens (tertiary/aromatic N) is 3. The first-order chi connectivity index (χ1) is 13.4. The Balaban J connectivity index is 1.54. The van der Waals surface area contributed by atoms with Crippen molar-refractivity contribution in [2.45, 2.75) is 65.0 Å². The predicted octanol–water partition coefficient (Wildman–Crippen LogP) is 4.49. The zero-order valence-corrected chi connectivity index (χ0v) is 17.4. The highest BCUT2D eigenvalue weighted by Crippen LogP contribution is 2.41. The Morgan fingerprint density at radius 3 is 2.57 bits per heavy atom. The maximum absolute atomic E-state index is 13.3. The number of hydrogen-bond acceptors (Lipinski definition) is 3. The monoisotopic (exact) mass is 384 g/mol. The van der Waals surface area contributed by atoms with E-state index in [4.69, 9.17) is 0 Å². The summed E-state index contributed by atoms with van der Waals surface area (Å²) < 4.78 is 15.4. The lowest BCUT2D eigenvalue weighted by molar-refractivity contribution is 0.174. The summed E-state index contributed by atoms with van der Waals surface area (Å²) in [6.45, 7) is 10.6. The van der Waals surface area contributed by atoms with Crippen molar-refractivity contribution >= 4 is 0 Å². The van der Waals surface area contributed by atoms with E-state index in [1.54, 1.807) is 0 Å². The van der Waals surface area contributed by atoms with Crippen LogP contribution in [0, 0.1) is 11.2 Å². The number of piperidine rings is 1. The van der Waals surface area contributed by atoms with Gasteiger partial charge in [0.05, 0.1) is 11.9 Å². The van der Waals surface area contributed by atoms with Crippen LogP contribution in [-0.2, 0) is 6.42 Å². The average Bonchev–Trinajstić information content (AvgIpc) is 3.07. The Bertz CT molecular complexity index is 787. The maximum atomic E-state index is 13.3. The summed E-state index contributed by atoms with van der Waals surface area (Å²) in [6, 6.07) is 7.57. The molecule has 2 aliphatic rings. The smallest absolute Gasteiger partial charge is 0.123 e. The summed E-state index contributed by atoms with van der Waals surface area (Å²) in [7, 11) is 0. The number of aromatic nitrogens is 2. The fourth-order valence-corrected chi connectivity index (χ4v) is 4.92. The Kier molecular flexibility index (Phi) is 5.57. The van der Waals surface area contributed by atoms with Crippen LogP contribution < -0.4 is 5.32 Å². The van der Waals surface area contributed by atoms with Crippen molar-refractivity contribution in [3.05, 3.63) is 47.5 Å². The highest BCUT2D eigenvalue weighted by molar-refractivity contribution is 5.38. The molecule has 0 bridgehead atoms. The van der Waals surface area contributed by atoms with E-state index in [2.05, 4.69) is 36.1 Å². The second-order valence-corrected chi connectivity index (χ2v) is 9.32. The van der Waals surface area contributed by atoms with Crippen molar-refractivity contribution in [1.29, 1.82) is 0 Å². The lowest BCUT2D eigenvalue weighted by atomic mass is 9.74. The van der Waals surface area contributed by atoms with Crippen molar-refractivity contribution in [2.75, 3.05) is 19.6 Å². The van der Waals surface area contributed by atoms with Gasteiger partial charge in [-0.15, -0.1) is 0 Å². The quantitative estimate of drug-likeness (QED) is 0.825. The van der Waals surface area contributed by atoms with E-state index in [0.717, 1.165) is 18.5 Å². The molecule has 1 aromatic carbocycles. The average molecular weight is 385 g/mol. The van der Waals surface area contributed by atoms with Gasteiger partial charge in [0, 0.05) is 23.3 Å². The van der Waals surface area contributed by atoms with E-state index in [1.807, 2.05) is 23.0 Å². The molecule has 0 saturated carbocycles. The third kappa shape index (κ3) is 4.15. The lowest BCUT2D eigenvalue weighted by Crippen LogP contribution is -2.45. The molecule has 1 aliphatic heterocycles. The van der Waals surface area contributed by atoms with Gasteiger partial charge in [-0.2, -0.15) is 5.10 Å². The van der Waals surface area contributed by atoms with Crippen molar-refractivity contribution < 1.29 is 4.39 Å². The van der Waals surface area contributed by atoms with Crippen LogP contribution >= 0.6 is 0 Å². The zero-order chi connectivity index (χ0) is 19.7. The van der Waals surface area contributed by atoms with Crippen molar-refractivity contribution in [3.63, 3.8) is 0 Å². The van der Waals surface area contributed by atoms with Gasteiger partial charge in [0.2, 0.25) is 0 Å². The first-order valence-electron chi connectivity index (χ1n) is 10.8. The van der Waals surface area contributed by atoms with E-state index in [0.29, 0.717) is 12.1 Å². The van der Waals surface area contributed by atoms with Gasteiger partial charge >= 0.3 is 0 Å². The minimum Gasteiger partial charge on any atom is -0.307 e. The van der Waals surface area contributed by atoms with Gasteiger partial charge in [0.25, 0.3) is 0 Å². The van der Waals surface area contributed by atoms with Crippen LogP contribution in [-0.4, -0.2) is 40.4 Å². The van der Waals surface area contributed by atoms with Crippen molar-refractivity contribution in [1.82, 2.24) is 20.0 Å². The van der Waals surface area contributed by atoms with E-state index in [1.165, 1.54) is 62.3 Å². The highest BCUT2D eigenvalue weighted by Gasteiger charge is 2.36. The Morgan fingerprint density at radius 1 is 1.18 bits per heavy atom. The standard InChI is InChI=1S/C23H33FN4/c1-4-11-27-12-9-18(10-13-27)26-21-14-23(2,3)15-22-20(21)16-25-28(22)19-7-5-17(24)6-8-19/h5-8,16,18,21,26H,4,9-15H2,1-3H3. The molecule has 1 unspecified atom stereocenters. The molecule has 0 amide bonds. The molecule has 1 aromatic heterocycles. The third-order valence-corrected chi connectivity index (χ3v) is 6.31. The van der Waals surface area contributed by atoms with E-state index in [9.17, 15) is 4.39 Å². The first kappa shape index (κ1) is 19.6. The zero-order valence-electron chi connectivity index (χ0n) is 17.4. The van der Waals surface area contributed by atoms with Crippen LogP contribution in [0.5, 0.6) is 0 Å². The molecule has 0 spiro atoms. The summed E-state index contributed by atoms with van der Waals surface area (Å²) in [5, 5.41) is 8.66. The molecule has 1 atom stereocenters. The molecule has 1 N–H and O–H groups in total. The number of rotatable bonds is 5. The van der Waals surface area contributed by atoms with Crippen LogP contribution in [0.25, 0.3) is 5.69 Å². The van der Waals surface area contributed by atoms with Crippen LogP contribution in [0.3, 0.4) is 0 Å². The van der Waals surface area contributed by atoms with E-state index >= 15 is 0 Å². The van der Waals surface area contributed by atoms with Crippen molar-refractivity contribution in [2.24, 2.45) is 5.41 Å². The number of halogens is 1. The summed E-state index contributed by atoms with van der Waals surface area (Å²) in [4.78, 5) is 2.58. The third-order valence-electron chi connectivity index (χ3n) is 6.31. The van der Waals surface area contributed by atoms with Gasteiger partial charge in [-0.25, -0.2) is 9.07 Å². The molecule has 2 heterocycles. The minimum atomic E-state index is -0.209. The topological polar surface area (TPSA) is 33.1 Å². The van der Waals surface area contributed by atoms with Gasteiger partial charge in [0.1, 0.15) is 5.82 Å². The Morgan fingerprint density at radius 2 is 1.89 bits per heavy atom. The molecule has 4 rings (SSSR count). The molecule has 1 aliphatic carbocycles. The minimum absolute atomic E-state index is 0.209. The van der Waals surface area contributed by atoms with E-state index in [-0.39, 0.29) is 11.2 Å². The van der Waals surface area contributed by atoms with Crippen LogP contribution in [0.1, 0.15) is 63.8 Å². The second-order valence-electron chi connectivity index (χ2n) is 9.32. The number of benzene rings is 1. The van der Waals surface area contributed by atoms with Gasteiger partial charge in [-0.1, -0.05) is 20.8 Å². The molecule has 4 nitrogen and oxygen atoms in total. The van der Waals surface area contributed by atoms with Crippen LogP contribution in [0.15, 0.2) is 30.5 Å². The number of hydrogen-bond donors (Lipinski definition) is 1. The number of fused-ring (bicyclic) bond motifs is 1. The number of likely N-dealkylation sites (tertiary alicyclic amines) is 1. The van der Waals surface area contributed by atoms with E-state index < -0.39 is 0 Å². The molecular weight excluding hydrogens is 351 g/mol. The summed E-state index contributed by atoms with van der Waals surface area (Å²) in [6.07, 6.45) is 7.83. The lowest BCUT2D eigenvalue weighted by Gasteiger charge is -2.40. The van der Waals surface area contributed by atoms with Gasteiger partial charge in [-0.3, -0.25) is 0 Å². The Hall–Kier alpha value is -1.72.